The third-order valence-corrected chi connectivity index (χ3v) is 13.1. The number of fused-ring (bicyclic) bond motifs is 5. The van der Waals surface area contributed by atoms with Crippen LogP contribution in [0.15, 0.2) is 237 Å². The molecule has 2 heterocycles. The number of anilines is 3. The zero-order valence-electron chi connectivity index (χ0n) is 34.9. The number of hydrogen-bond donors (Lipinski definition) is 0. The Bertz CT molecular complexity index is 3280. The van der Waals surface area contributed by atoms with Crippen molar-refractivity contribution >= 4 is 67.5 Å². The molecule has 3 heteroatoms. The van der Waals surface area contributed by atoms with Crippen LogP contribution in [0, 0.1) is 0 Å². The molecule has 63 heavy (non-hydrogen) atoms. The Balaban J connectivity index is 0.972. The van der Waals surface area contributed by atoms with E-state index in [4.69, 9.17) is 0 Å². The van der Waals surface area contributed by atoms with Gasteiger partial charge in [0.15, 0.2) is 0 Å². The summed E-state index contributed by atoms with van der Waals surface area (Å²) in [7, 11) is 0. The molecule has 0 radical (unpaired) electrons. The quantitative estimate of drug-likeness (QED) is 0.146. The minimum atomic E-state index is -0.00719. The average Bonchev–Trinajstić information content (AvgIpc) is 3.70. The van der Waals surface area contributed by atoms with Crippen LogP contribution < -0.4 is 21.3 Å². The van der Waals surface area contributed by atoms with Gasteiger partial charge in [0, 0.05) is 33.5 Å². The molecule has 0 N–H and O–H groups in total. The molecule has 1 aliphatic heterocycles. The third kappa shape index (κ3) is 6.35. The molecule has 296 valence electrons. The summed E-state index contributed by atoms with van der Waals surface area (Å²) in [6, 6.07) is 80.4. The molecule has 12 rings (SSSR count). The number of nitrogens with zero attached hydrogens (tertiary/aromatic N) is 2. The van der Waals surface area contributed by atoms with Crippen LogP contribution in [0.25, 0.3) is 66.4 Å². The van der Waals surface area contributed by atoms with E-state index in [1.54, 1.807) is 0 Å². The molecular formula is C60H43BN2. The summed E-state index contributed by atoms with van der Waals surface area (Å²) in [5.74, 6) is 0. The van der Waals surface area contributed by atoms with Gasteiger partial charge in [-0.25, -0.2) is 0 Å². The van der Waals surface area contributed by atoms with Crippen molar-refractivity contribution in [3.05, 3.63) is 242 Å². The van der Waals surface area contributed by atoms with Crippen LogP contribution in [0.2, 0.25) is 0 Å². The molecule has 10 aromatic rings. The van der Waals surface area contributed by atoms with E-state index < -0.39 is 0 Å². The number of aromatic nitrogens is 1. The van der Waals surface area contributed by atoms with E-state index >= 15 is 0 Å². The standard InChI is InChI=1S/C60H43BN2/c1-4-18-42(19-5-1)47-40-52(45-20-6-2-7-21-45)60(53(41-47)46-22-8-3-9-23-46)61-54-26-12-16-30-58(54)63(59-31-17-13-27-55(59)61)49-38-34-44(35-39-49)43-32-36-48(37-33-43)62-56-28-14-10-24-50(56)51-25-11-15-29-57(51)62/h1-2,4-8,10-41H,3,9H2. The summed E-state index contributed by atoms with van der Waals surface area (Å²) >= 11 is 0. The highest BCUT2D eigenvalue weighted by Gasteiger charge is 2.38. The number of rotatable bonds is 7. The van der Waals surface area contributed by atoms with Gasteiger partial charge in [0.2, 0.25) is 6.71 Å². The first-order valence-electron chi connectivity index (χ1n) is 22.1. The van der Waals surface area contributed by atoms with E-state index in [2.05, 4.69) is 246 Å². The van der Waals surface area contributed by atoms with E-state index in [9.17, 15) is 0 Å². The molecule has 9 aromatic carbocycles. The van der Waals surface area contributed by atoms with E-state index in [1.807, 2.05) is 0 Å². The maximum atomic E-state index is 2.47. The van der Waals surface area contributed by atoms with Gasteiger partial charge >= 0.3 is 0 Å². The fourth-order valence-corrected chi connectivity index (χ4v) is 10.2. The monoisotopic (exact) mass is 802 g/mol. The summed E-state index contributed by atoms with van der Waals surface area (Å²) in [6.07, 6.45) is 9.23. The van der Waals surface area contributed by atoms with Gasteiger partial charge in [-0.3, -0.25) is 0 Å². The van der Waals surface area contributed by atoms with Crippen LogP contribution in [0.3, 0.4) is 0 Å². The van der Waals surface area contributed by atoms with E-state index in [0.29, 0.717) is 0 Å². The lowest BCUT2D eigenvalue weighted by Gasteiger charge is -2.38. The summed E-state index contributed by atoms with van der Waals surface area (Å²) in [5.41, 5.74) is 21.0. The van der Waals surface area contributed by atoms with Crippen molar-refractivity contribution in [3.8, 4) is 39.1 Å². The van der Waals surface area contributed by atoms with E-state index in [1.165, 1.54) is 94.1 Å². The molecule has 0 spiro atoms. The van der Waals surface area contributed by atoms with Gasteiger partial charge in [0.25, 0.3) is 0 Å². The van der Waals surface area contributed by atoms with Crippen LogP contribution in [0.4, 0.5) is 17.1 Å². The van der Waals surface area contributed by atoms with Crippen LogP contribution in [0.5, 0.6) is 0 Å². The lowest BCUT2D eigenvalue weighted by Crippen LogP contribution is -2.58. The maximum Gasteiger partial charge on any atom is 0.248 e. The minimum absolute atomic E-state index is 0.00719. The molecule has 0 amide bonds. The van der Waals surface area contributed by atoms with Crippen molar-refractivity contribution in [3.63, 3.8) is 0 Å². The second kappa shape index (κ2) is 15.5. The Labute approximate surface area is 369 Å². The first-order valence-corrected chi connectivity index (χ1v) is 22.1. The van der Waals surface area contributed by atoms with Crippen molar-refractivity contribution in [1.29, 1.82) is 0 Å². The zero-order chi connectivity index (χ0) is 41.7. The Morgan fingerprint density at radius 1 is 0.381 bits per heavy atom. The van der Waals surface area contributed by atoms with Crippen molar-refractivity contribution in [2.75, 3.05) is 4.90 Å². The second-order valence-corrected chi connectivity index (χ2v) is 16.7. The normalized spacial score (nSPS) is 13.2. The molecule has 1 aromatic heterocycles. The van der Waals surface area contributed by atoms with Gasteiger partial charge in [-0.2, -0.15) is 0 Å². The van der Waals surface area contributed by atoms with Gasteiger partial charge in [-0.1, -0.05) is 181 Å². The Morgan fingerprint density at radius 2 is 0.873 bits per heavy atom. The molecule has 0 saturated heterocycles. The average molecular weight is 803 g/mol. The molecule has 0 bridgehead atoms. The van der Waals surface area contributed by atoms with Gasteiger partial charge in [0.1, 0.15) is 0 Å². The molecule has 0 fully saturated rings. The van der Waals surface area contributed by atoms with Gasteiger partial charge in [-0.05, 0) is 129 Å². The van der Waals surface area contributed by atoms with E-state index in [-0.39, 0.29) is 6.71 Å². The molecule has 0 saturated carbocycles. The number of para-hydroxylation sites is 4. The SMILES string of the molecule is C1=CC(c2cc(-c3ccccc3)cc(-c3ccccc3)c2B2c3ccccc3N(c3ccc(-c4ccc(-n5c6ccccc6c6ccccc65)cc4)cc3)c3ccccc32)=CCC1. The maximum absolute atomic E-state index is 2.47. The fourth-order valence-electron chi connectivity index (χ4n) is 10.2. The Kier molecular flexibility index (Phi) is 9.11. The third-order valence-electron chi connectivity index (χ3n) is 13.1. The molecule has 2 nitrogen and oxygen atoms in total. The second-order valence-electron chi connectivity index (χ2n) is 16.7. The molecule has 1 aliphatic carbocycles. The predicted molar refractivity (Wildman–Crippen MR) is 269 cm³/mol. The summed E-state index contributed by atoms with van der Waals surface area (Å²) in [5, 5.41) is 2.55. The van der Waals surface area contributed by atoms with Crippen molar-refractivity contribution in [2.24, 2.45) is 0 Å². The van der Waals surface area contributed by atoms with Crippen molar-refractivity contribution < 1.29 is 0 Å². The lowest BCUT2D eigenvalue weighted by atomic mass is 9.33. The predicted octanol–water partition coefficient (Wildman–Crippen LogP) is 13.8. The molecular weight excluding hydrogens is 759 g/mol. The van der Waals surface area contributed by atoms with Gasteiger partial charge in [0.05, 0.1) is 11.0 Å². The summed E-state index contributed by atoms with van der Waals surface area (Å²) in [4.78, 5) is 2.47. The molecule has 0 atom stereocenters. The van der Waals surface area contributed by atoms with Gasteiger partial charge in [-0.15, -0.1) is 0 Å². The summed E-state index contributed by atoms with van der Waals surface area (Å²) in [6.45, 7) is -0.00719. The molecule has 0 unspecified atom stereocenters. The van der Waals surface area contributed by atoms with Crippen molar-refractivity contribution in [1.82, 2.24) is 4.57 Å². The molecule has 2 aliphatic rings. The highest BCUT2D eigenvalue weighted by Crippen LogP contribution is 2.40. The largest absolute Gasteiger partial charge is 0.312 e. The smallest absolute Gasteiger partial charge is 0.248 e. The first kappa shape index (κ1) is 36.9. The number of allylic oxidation sites excluding steroid dienone is 4. The Hall–Kier alpha value is -7.88. The summed E-state index contributed by atoms with van der Waals surface area (Å²) < 4.78 is 2.38. The Morgan fingerprint density at radius 3 is 1.46 bits per heavy atom. The van der Waals surface area contributed by atoms with Crippen LogP contribution in [0.1, 0.15) is 18.4 Å². The van der Waals surface area contributed by atoms with Crippen LogP contribution in [-0.4, -0.2) is 11.3 Å². The lowest BCUT2D eigenvalue weighted by molar-refractivity contribution is 1.04. The highest BCUT2D eigenvalue weighted by atomic mass is 15.1. The van der Waals surface area contributed by atoms with Gasteiger partial charge < -0.3 is 9.47 Å². The number of hydrogen-bond acceptors (Lipinski definition) is 1. The van der Waals surface area contributed by atoms with Crippen LogP contribution >= 0.6 is 0 Å². The first-order chi connectivity index (χ1) is 31.3. The fraction of sp³-hybridized carbons (Fsp3) is 0.0333. The van der Waals surface area contributed by atoms with Crippen LogP contribution in [-0.2, 0) is 0 Å². The number of benzene rings is 9. The van der Waals surface area contributed by atoms with Crippen molar-refractivity contribution in [2.45, 2.75) is 12.8 Å². The zero-order valence-corrected chi connectivity index (χ0v) is 34.9. The minimum Gasteiger partial charge on any atom is -0.312 e. The highest BCUT2D eigenvalue weighted by molar-refractivity contribution is 6.99. The topological polar surface area (TPSA) is 8.17 Å². The van der Waals surface area contributed by atoms with E-state index in [0.717, 1.165) is 24.2 Å².